The van der Waals surface area contributed by atoms with Gasteiger partial charge in [0.1, 0.15) is 6.61 Å². The Kier molecular flexibility index (Phi) is 38.2. The third-order valence-corrected chi connectivity index (χ3v) is 12.7. The fourth-order valence-corrected chi connectivity index (χ4v) is 8.76. The topological polar surface area (TPSA) is 82.1 Å². The molecule has 1 rings (SSSR count). The molecule has 1 heterocycles. The van der Waals surface area contributed by atoms with Gasteiger partial charge >= 0.3 is 17.9 Å². The van der Waals surface area contributed by atoms with Crippen molar-refractivity contribution in [1.82, 2.24) is 4.90 Å². The van der Waals surface area contributed by atoms with E-state index in [9.17, 15) is 14.4 Å². The Morgan fingerprint density at radius 1 is 0.414 bits per heavy atom. The molecule has 1 unspecified atom stereocenters. The highest BCUT2D eigenvalue weighted by molar-refractivity contribution is 5.72. The van der Waals surface area contributed by atoms with Gasteiger partial charge < -0.3 is 14.2 Å². The fourth-order valence-electron chi connectivity index (χ4n) is 8.76. The summed E-state index contributed by atoms with van der Waals surface area (Å²) in [6, 6.07) is 0. The van der Waals surface area contributed by atoms with Crippen LogP contribution in [0.15, 0.2) is 0 Å². The normalized spacial score (nSPS) is 13.8. The molecule has 1 fully saturated rings. The minimum Gasteiger partial charge on any atom is -0.466 e. The number of nitrogens with zero attached hydrogens (tertiary/aromatic N) is 1. The van der Waals surface area contributed by atoms with Gasteiger partial charge in [0, 0.05) is 19.4 Å². The fraction of sp³-hybridized carbons (Fsp3) is 0.941. The van der Waals surface area contributed by atoms with Gasteiger partial charge in [0.15, 0.2) is 0 Å². The van der Waals surface area contributed by atoms with E-state index in [1.807, 2.05) is 0 Å². The van der Waals surface area contributed by atoms with Crippen LogP contribution in [-0.2, 0) is 28.6 Å². The molecule has 0 bridgehead atoms. The molecular formula is C51H97NO6. The first-order valence-corrected chi connectivity index (χ1v) is 25.6. The van der Waals surface area contributed by atoms with Crippen molar-refractivity contribution in [2.24, 2.45) is 17.8 Å². The van der Waals surface area contributed by atoms with Crippen molar-refractivity contribution in [3.63, 3.8) is 0 Å². The van der Waals surface area contributed by atoms with Crippen LogP contribution in [-0.4, -0.2) is 62.3 Å². The number of esters is 3. The molecule has 0 radical (unpaired) electrons. The van der Waals surface area contributed by atoms with Crippen molar-refractivity contribution >= 4 is 17.9 Å². The zero-order chi connectivity index (χ0) is 42.2. The maximum absolute atomic E-state index is 13.2. The molecule has 0 aromatic carbocycles. The van der Waals surface area contributed by atoms with E-state index >= 15 is 0 Å². The van der Waals surface area contributed by atoms with Crippen LogP contribution < -0.4 is 0 Å². The summed E-state index contributed by atoms with van der Waals surface area (Å²) in [6.07, 6.45) is 39.4. The molecule has 0 amide bonds. The van der Waals surface area contributed by atoms with Crippen molar-refractivity contribution in [1.29, 1.82) is 0 Å². The molecule has 7 heteroatoms. The van der Waals surface area contributed by atoms with Crippen LogP contribution in [0.1, 0.15) is 252 Å². The summed E-state index contributed by atoms with van der Waals surface area (Å²) in [5, 5.41) is 0. The standard InChI is InChI=1S/C51H97NO6/c1-5-9-20-30-46(31-21-10-6-2)38-43-56-49(53)36-26-18-14-13-16-24-34-48(51(55)58-45-42-52-40-28-29-41-52)35-25-17-15-19-27-37-50(54)57-44-39-47(32-22-11-7-3)33-23-12-8-4/h46-48H,5-45H2,1-4H3. The van der Waals surface area contributed by atoms with E-state index in [4.69, 9.17) is 14.2 Å². The predicted molar refractivity (Wildman–Crippen MR) is 244 cm³/mol. The smallest absolute Gasteiger partial charge is 0.308 e. The summed E-state index contributed by atoms with van der Waals surface area (Å²) in [6.45, 7) is 13.8. The third-order valence-electron chi connectivity index (χ3n) is 12.7. The quantitative estimate of drug-likeness (QED) is 0.0344. The Balaban J connectivity index is 2.27. The summed E-state index contributed by atoms with van der Waals surface area (Å²) in [4.78, 5) is 40.4. The minimum atomic E-state index is -0.0370. The van der Waals surface area contributed by atoms with Crippen LogP contribution in [0.2, 0.25) is 0 Å². The van der Waals surface area contributed by atoms with Gasteiger partial charge in [-0.1, -0.05) is 188 Å². The lowest BCUT2D eigenvalue weighted by Crippen LogP contribution is -2.27. The maximum atomic E-state index is 13.2. The largest absolute Gasteiger partial charge is 0.466 e. The van der Waals surface area contributed by atoms with Crippen molar-refractivity contribution < 1.29 is 28.6 Å². The Morgan fingerprint density at radius 3 is 1.17 bits per heavy atom. The lowest BCUT2D eigenvalue weighted by molar-refractivity contribution is -0.149. The number of ether oxygens (including phenoxy) is 3. The lowest BCUT2D eigenvalue weighted by Gasteiger charge is -2.18. The van der Waals surface area contributed by atoms with Gasteiger partial charge in [-0.15, -0.1) is 0 Å². The summed E-state index contributed by atoms with van der Waals surface area (Å²) in [5.74, 6) is 1.30. The Hall–Kier alpha value is -1.63. The molecule has 1 aliphatic heterocycles. The first kappa shape index (κ1) is 54.4. The SMILES string of the molecule is CCCCCC(CCCCC)CCOC(=O)CCCCCCCCC(CCCCCCCC(=O)OCCC(CCCCC)CCCCC)C(=O)OCCN1CCCC1. The number of carbonyl (C=O) groups excluding carboxylic acids is 3. The number of carbonyl (C=O) groups is 3. The third kappa shape index (κ3) is 33.1. The molecule has 0 aliphatic carbocycles. The number of rotatable bonds is 43. The highest BCUT2D eigenvalue weighted by atomic mass is 16.5. The molecule has 7 nitrogen and oxygen atoms in total. The van der Waals surface area contributed by atoms with Crippen molar-refractivity contribution in [2.75, 3.05) is 39.5 Å². The summed E-state index contributed by atoms with van der Waals surface area (Å²) in [7, 11) is 0. The zero-order valence-electron chi connectivity index (χ0n) is 39.1. The molecular weight excluding hydrogens is 723 g/mol. The molecule has 0 aromatic rings. The molecule has 0 N–H and O–H groups in total. The van der Waals surface area contributed by atoms with E-state index in [0.717, 1.165) is 116 Å². The van der Waals surface area contributed by atoms with Crippen LogP contribution in [0.25, 0.3) is 0 Å². The predicted octanol–water partition coefficient (Wildman–Crippen LogP) is 14.5. The number of unbranched alkanes of at least 4 members (excludes halogenated alkanes) is 17. The van der Waals surface area contributed by atoms with E-state index < -0.39 is 0 Å². The van der Waals surface area contributed by atoms with Crippen molar-refractivity contribution in [2.45, 2.75) is 252 Å². The second-order valence-electron chi connectivity index (χ2n) is 18.1. The van der Waals surface area contributed by atoms with Crippen LogP contribution in [0.4, 0.5) is 0 Å². The van der Waals surface area contributed by atoms with Gasteiger partial charge in [-0.05, 0) is 76.3 Å². The van der Waals surface area contributed by atoms with Crippen molar-refractivity contribution in [3.05, 3.63) is 0 Å². The Labute approximate surface area is 360 Å². The van der Waals surface area contributed by atoms with E-state index in [1.54, 1.807) is 0 Å². The molecule has 0 aromatic heterocycles. The highest BCUT2D eigenvalue weighted by Gasteiger charge is 2.21. The van der Waals surface area contributed by atoms with E-state index in [2.05, 4.69) is 32.6 Å². The maximum Gasteiger partial charge on any atom is 0.308 e. The van der Waals surface area contributed by atoms with Crippen LogP contribution in [0.5, 0.6) is 0 Å². The molecule has 0 spiro atoms. The van der Waals surface area contributed by atoms with Gasteiger partial charge in [-0.25, -0.2) is 0 Å². The second-order valence-corrected chi connectivity index (χ2v) is 18.1. The number of likely N-dealkylation sites (tertiary alicyclic amines) is 1. The van der Waals surface area contributed by atoms with Gasteiger partial charge in [0.2, 0.25) is 0 Å². The summed E-state index contributed by atoms with van der Waals surface area (Å²) in [5.41, 5.74) is 0. The van der Waals surface area contributed by atoms with E-state index in [0.29, 0.717) is 44.5 Å². The molecule has 342 valence electrons. The molecule has 1 aliphatic rings. The number of hydrogen-bond donors (Lipinski definition) is 0. The van der Waals surface area contributed by atoms with Gasteiger partial charge in [0.05, 0.1) is 19.1 Å². The second kappa shape index (κ2) is 40.8. The molecule has 58 heavy (non-hydrogen) atoms. The van der Waals surface area contributed by atoms with Crippen LogP contribution in [0, 0.1) is 17.8 Å². The lowest BCUT2D eigenvalue weighted by atomic mass is 9.92. The number of hydrogen-bond acceptors (Lipinski definition) is 7. The monoisotopic (exact) mass is 820 g/mol. The first-order chi connectivity index (χ1) is 28.4. The summed E-state index contributed by atoms with van der Waals surface area (Å²) < 4.78 is 17.1. The minimum absolute atomic E-state index is 0.00772. The van der Waals surface area contributed by atoms with Crippen LogP contribution >= 0.6 is 0 Å². The van der Waals surface area contributed by atoms with E-state index in [-0.39, 0.29) is 23.8 Å². The Morgan fingerprint density at radius 2 is 0.776 bits per heavy atom. The molecule has 1 atom stereocenters. The molecule has 1 saturated heterocycles. The van der Waals surface area contributed by atoms with Crippen LogP contribution in [0.3, 0.4) is 0 Å². The first-order valence-electron chi connectivity index (χ1n) is 25.6. The Bertz CT molecular complexity index is 916. The highest BCUT2D eigenvalue weighted by Crippen LogP contribution is 2.24. The van der Waals surface area contributed by atoms with Gasteiger partial charge in [-0.2, -0.15) is 0 Å². The molecule has 0 saturated carbocycles. The van der Waals surface area contributed by atoms with Gasteiger partial charge in [0.25, 0.3) is 0 Å². The van der Waals surface area contributed by atoms with E-state index in [1.165, 1.54) is 116 Å². The average molecular weight is 820 g/mol. The average Bonchev–Trinajstić information content (AvgIpc) is 3.74. The zero-order valence-corrected chi connectivity index (χ0v) is 39.1. The summed E-state index contributed by atoms with van der Waals surface area (Å²) >= 11 is 0. The van der Waals surface area contributed by atoms with Crippen molar-refractivity contribution in [3.8, 4) is 0 Å². The van der Waals surface area contributed by atoms with Gasteiger partial charge in [-0.3, -0.25) is 19.3 Å².